The molecular weight excluding hydrogens is 354 g/mol. The zero-order valence-electron chi connectivity index (χ0n) is 8.37. The van der Waals surface area contributed by atoms with E-state index in [0.29, 0.717) is 8.81 Å². The highest BCUT2D eigenvalue weighted by molar-refractivity contribution is 9.11. The summed E-state index contributed by atoms with van der Waals surface area (Å²) in [6.07, 6.45) is 0. The van der Waals surface area contributed by atoms with E-state index in [4.69, 9.17) is 17.3 Å². The summed E-state index contributed by atoms with van der Waals surface area (Å²) < 4.78 is 26.4. The van der Waals surface area contributed by atoms with Crippen LogP contribution >= 0.6 is 38.9 Å². The number of hydrogen-bond donors (Lipinski definition) is 3. The third-order valence-electron chi connectivity index (χ3n) is 1.60. The molecule has 1 aromatic rings. The van der Waals surface area contributed by atoms with Crippen LogP contribution in [0.4, 0.5) is 4.79 Å². The lowest BCUT2D eigenvalue weighted by molar-refractivity contribution is 0.249. The van der Waals surface area contributed by atoms with Crippen LogP contribution in [0, 0.1) is 0 Å². The predicted molar refractivity (Wildman–Crippen MR) is 69.8 cm³/mol. The van der Waals surface area contributed by atoms with Crippen LogP contribution in [0.3, 0.4) is 0 Å². The van der Waals surface area contributed by atoms with Crippen LogP contribution in [0.15, 0.2) is 14.1 Å². The summed E-state index contributed by atoms with van der Waals surface area (Å²) in [5, 5.41) is 2.60. The Morgan fingerprint density at radius 1 is 1.53 bits per heavy atom. The Bertz CT molecular complexity index is 497. The summed E-state index contributed by atoms with van der Waals surface area (Å²) in [6, 6.07) is 0.645. The van der Waals surface area contributed by atoms with E-state index in [9.17, 15) is 13.2 Å². The Labute approximate surface area is 116 Å². The number of urea groups is 1. The Kier molecular flexibility index (Phi) is 5.20. The average Bonchev–Trinajstić information content (AvgIpc) is 2.55. The average molecular weight is 363 g/mol. The molecule has 0 aliphatic heterocycles. The van der Waals surface area contributed by atoms with Crippen molar-refractivity contribution in [2.24, 2.45) is 5.73 Å². The third-order valence-corrected chi connectivity index (χ3v) is 6.01. The first kappa shape index (κ1) is 14.7. The second-order valence-electron chi connectivity index (χ2n) is 2.88. The van der Waals surface area contributed by atoms with E-state index >= 15 is 0 Å². The van der Waals surface area contributed by atoms with E-state index in [1.807, 2.05) is 0 Å². The number of carbonyl (C=O) groups is 1. The van der Waals surface area contributed by atoms with Gasteiger partial charge in [0.25, 0.3) is 0 Å². The first-order valence-corrected chi connectivity index (χ1v) is 7.78. The lowest BCUT2D eigenvalue weighted by Gasteiger charge is -2.04. The molecule has 0 saturated carbocycles. The molecule has 0 aliphatic carbocycles. The smallest absolute Gasteiger partial charge is 0.312 e. The van der Waals surface area contributed by atoms with Crippen LogP contribution in [0.5, 0.6) is 0 Å². The lowest BCUT2D eigenvalue weighted by Crippen LogP contribution is -2.37. The van der Waals surface area contributed by atoms with Gasteiger partial charge in [0.1, 0.15) is 4.21 Å². The number of nitrogens with one attached hydrogen (secondary N) is 2. The van der Waals surface area contributed by atoms with Gasteiger partial charge in [-0.3, -0.25) is 0 Å². The van der Waals surface area contributed by atoms with Crippen molar-refractivity contribution in [1.29, 1.82) is 0 Å². The van der Waals surface area contributed by atoms with Gasteiger partial charge in [-0.05, 0) is 22.0 Å². The molecule has 96 valence electrons. The summed E-state index contributed by atoms with van der Waals surface area (Å²) in [5.74, 6) is 0. The van der Waals surface area contributed by atoms with Crippen molar-refractivity contribution in [3.05, 3.63) is 14.9 Å². The molecule has 1 aromatic heterocycles. The van der Waals surface area contributed by atoms with Gasteiger partial charge in [-0.2, -0.15) is 0 Å². The molecule has 10 heteroatoms. The number of amides is 2. The van der Waals surface area contributed by atoms with Gasteiger partial charge in [0, 0.05) is 13.1 Å². The molecule has 0 fully saturated rings. The summed E-state index contributed by atoms with van der Waals surface area (Å²) in [5.41, 5.74) is 4.83. The highest BCUT2D eigenvalue weighted by Crippen LogP contribution is 2.34. The topological polar surface area (TPSA) is 101 Å². The zero-order valence-corrected chi connectivity index (χ0v) is 12.3. The van der Waals surface area contributed by atoms with Crippen molar-refractivity contribution in [1.82, 2.24) is 10.0 Å². The molecule has 4 N–H and O–H groups in total. The maximum atomic E-state index is 11.7. The Morgan fingerprint density at radius 2 is 2.18 bits per heavy atom. The molecule has 0 radical (unpaired) electrons. The summed E-state index contributed by atoms with van der Waals surface area (Å²) in [4.78, 5) is 10.4. The molecule has 1 rings (SSSR count). The van der Waals surface area contributed by atoms with Gasteiger partial charge in [0.15, 0.2) is 0 Å². The number of halogens is 2. The molecule has 17 heavy (non-hydrogen) atoms. The van der Waals surface area contributed by atoms with E-state index < -0.39 is 16.1 Å². The summed E-state index contributed by atoms with van der Waals surface area (Å²) in [7, 11) is -3.60. The second kappa shape index (κ2) is 6.01. The fraction of sp³-hybridized carbons (Fsp3) is 0.286. The molecule has 0 spiro atoms. The number of sulfonamides is 1. The van der Waals surface area contributed by atoms with E-state index in [2.05, 4.69) is 26.0 Å². The predicted octanol–water partition coefficient (Wildman–Crippen LogP) is 1.11. The SMILES string of the molecule is NC(=O)NCCNS(=O)(=O)c1cc(Cl)c(Br)s1. The number of rotatable bonds is 5. The molecule has 0 atom stereocenters. The molecule has 0 bridgehead atoms. The summed E-state index contributed by atoms with van der Waals surface area (Å²) in [6.45, 7) is 0.174. The molecule has 1 heterocycles. The van der Waals surface area contributed by atoms with E-state index in [0.717, 1.165) is 11.3 Å². The van der Waals surface area contributed by atoms with Crippen molar-refractivity contribution in [2.75, 3.05) is 13.1 Å². The first-order chi connectivity index (χ1) is 7.83. The standard InChI is InChI=1S/C7H9BrClN3O3S2/c8-6-4(9)3-5(16-6)17(14,15)12-2-1-11-7(10)13/h3,12H,1-2H2,(H3,10,11,13). The third kappa shape index (κ3) is 4.43. The maximum absolute atomic E-state index is 11.7. The molecule has 6 nitrogen and oxygen atoms in total. The molecule has 0 aromatic carbocycles. The van der Waals surface area contributed by atoms with Crippen LogP contribution < -0.4 is 15.8 Å². The van der Waals surface area contributed by atoms with E-state index in [1.54, 1.807) is 0 Å². The number of hydrogen-bond acceptors (Lipinski definition) is 4. The van der Waals surface area contributed by atoms with Crippen molar-refractivity contribution in [2.45, 2.75) is 4.21 Å². The minimum Gasteiger partial charge on any atom is -0.352 e. The van der Waals surface area contributed by atoms with Crippen LogP contribution in [0.1, 0.15) is 0 Å². The largest absolute Gasteiger partial charge is 0.352 e. The highest BCUT2D eigenvalue weighted by Gasteiger charge is 2.18. The maximum Gasteiger partial charge on any atom is 0.312 e. The molecule has 0 unspecified atom stereocenters. The van der Waals surface area contributed by atoms with Crippen LogP contribution in [-0.4, -0.2) is 27.5 Å². The van der Waals surface area contributed by atoms with E-state index in [1.165, 1.54) is 6.07 Å². The quantitative estimate of drug-likeness (QED) is 0.684. The number of primary amides is 1. The second-order valence-corrected chi connectivity index (χ2v) is 7.65. The van der Waals surface area contributed by atoms with Gasteiger partial charge in [0.2, 0.25) is 10.0 Å². The zero-order chi connectivity index (χ0) is 13.1. The van der Waals surface area contributed by atoms with Crippen molar-refractivity contribution in [3.8, 4) is 0 Å². The fourth-order valence-electron chi connectivity index (χ4n) is 0.901. The Hall–Kier alpha value is -0.350. The fourth-order valence-corrected chi connectivity index (χ4v) is 4.38. The minimum atomic E-state index is -3.60. The minimum absolute atomic E-state index is 0.0540. The number of nitrogens with two attached hydrogens (primary N) is 1. The molecular formula is C7H9BrClN3O3S2. The number of thiophene rings is 1. The highest BCUT2D eigenvalue weighted by atomic mass is 79.9. The normalized spacial score (nSPS) is 11.4. The van der Waals surface area contributed by atoms with Crippen molar-refractivity contribution in [3.63, 3.8) is 0 Å². The Morgan fingerprint density at radius 3 is 2.65 bits per heavy atom. The lowest BCUT2D eigenvalue weighted by atomic mass is 10.6. The van der Waals surface area contributed by atoms with Gasteiger partial charge in [0.05, 0.1) is 8.81 Å². The van der Waals surface area contributed by atoms with Crippen molar-refractivity contribution >= 4 is 54.9 Å². The molecule has 2 amide bonds. The molecule has 0 aliphatic rings. The molecule has 0 saturated heterocycles. The van der Waals surface area contributed by atoms with Crippen LogP contribution in [0.2, 0.25) is 5.02 Å². The van der Waals surface area contributed by atoms with Crippen molar-refractivity contribution < 1.29 is 13.2 Å². The number of carbonyl (C=O) groups excluding carboxylic acids is 1. The van der Waals surface area contributed by atoms with Gasteiger partial charge in [-0.15, -0.1) is 11.3 Å². The van der Waals surface area contributed by atoms with Crippen LogP contribution in [-0.2, 0) is 10.0 Å². The van der Waals surface area contributed by atoms with Crippen LogP contribution in [0.25, 0.3) is 0 Å². The van der Waals surface area contributed by atoms with Gasteiger partial charge in [-0.25, -0.2) is 17.9 Å². The van der Waals surface area contributed by atoms with Gasteiger partial charge < -0.3 is 11.1 Å². The van der Waals surface area contributed by atoms with Gasteiger partial charge in [-0.1, -0.05) is 11.6 Å². The van der Waals surface area contributed by atoms with E-state index in [-0.39, 0.29) is 17.3 Å². The Balaban J connectivity index is 2.60. The monoisotopic (exact) mass is 361 g/mol. The first-order valence-electron chi connectivity index (χ1n) is 4.31. The summed E-state index contributed by atoms with van der Waals surface area (Å²) >= 11 is 9.87. The van der Waals surface area contributed by atoms with Gasteiger partial charge >= 0.3 is 6.03 Å².